The highest BCUT2D eigenvalue weighted by Crippen LogP contribution is 2.27. The summed E-state index contributed by atoms with van der Waals surface area (Å²) in [4.78, 5) is 11.7. The molecule has 0 aliphatic heterocycles. The van der Waals surface area contributed by atoms with Crippen molar-refractivity contribution in [2.45, 2.75) is 71.1 Å². The lowest BCUT2D eigenvalue weighted by Crippen LogP contribution is -2.16. The van der Waals surface area contributed by atoms with Crippen LogP contribution in [0.15, 0.2) is 23.3 Å². The molecule has 0 bridgehead atoms. The summed E-state index contributed by atoms with van der Waals surface area (Å²) in [5.74, 6) is 0.300. The SMILES string of the molecule is CCCCCCCCCCCC(=O)N/N=C\c1cccc(OC)c1O. The highest BCUT2D eigenvalue weighted by Gasteiger charge is 2.05. The fourth-order valence-corrected chi connectivity index (χ4v) is 2.63. The molecular weight excluding hydrogens is 316 g/mol. The Labute approximate surface area is 151 Å². The molecule has 0 aromatic heterocycles. The van der Waals surface area contributed by atoms with Gasteiger partial charge in [-0.1, -0.05) is 64.4 Å². The van der Waals surface area contributed by atoms with Crippen molar-refractivity contribution in [3.8, 4) is 11.5 Å². The van der Waals surface area contributed by atoms with E-state index in [1.54, 1.807) is 18.2 Å². The van der Waals surface area contributed by atoms with Crippen LogP contribution >= 0.6 is 0 Å². The summed E-state index contributed by atoms with van der Waals surface area (Å²) in [7, 11) is 1.49. The monoisotopic (exact) mass is 348 g/mol. The van der Waals surface area contributed by atoms with Crippen molar-refractivity contribution in [2.24, 2.45) is 5.10 Å². The van der Waals surface area contributed by atoms with Gasteiger partial charge in [0.2, 0.25) is 5.91 Å². The number of aromatic hydroxyl groups is 1. The number of amides is 1. The van der Waals surface area contributed by atoms with Gasteiger partial charge < -0.3 is 9.84 Å². The van der Waals surface area contributed by atoms with Crippen LogP contribution in [0.5, 0.6) is 11.5 Å². The summed E-state index contributed by atoms with van der Waals surface area (Å²) in [6.07, 6.45) is 13.0. The van der Waals surface area contributed by atoms with Crippen molar-refractivity contribution in [1.29, 1.82) is 0 Å². The first-order valence-corrected chi connectivity index (χ1v) is 9.37. The van der Waals surface area contributed by atoms with E-state index in [-0.39, 0.29) is 11.7 Å². The fourth-order valence-electron chi connectivity index (χ4n) is 2.63. The number of hydrazone groups is 1. The first-order chi connectivity index (χ1) is 12.2. The maximum Gasteiger partial charge on any atom is 0.240 e. The average Bonchev–Trinajstić information content (AvgIpc) is 2.62. The van der Waals surface area contributed by atoms with E-state index in [9.17, 15) is 9.90 Å². The van der Waals surface area contributed by atoms with Crippen molar-refractivity contribution in [1.82, 2.24) is 5.43 Å². The summed E-state index contributed by atoms with van der Waals surface area (Å²) in [6, 6.07) is 5.12. The Morgan fingerprint density at radius 1 is 1.12 bits per heavy atom. The third kappa shape index (κ3) is 9.13. The molecule has 1 aromatic rings. The zero-order chi connectivity index (χ0) is 18.3. The number of hydrogen-bond donors (Lipinski definition) is 2. The minimum absolute atomic E-state index is 0.0157. The van der Waals surface area contributed by atoms with E-state index in [1.165, 1.54) is 58.3 Å². The van der Waals surface area contributed by atoms with Crippen LogP contribution in [0, 0.1) is 0 Å². The lowest BCUT2D eigenvalue weighted by atomic mass is 10.1. The number of methoxy groups -OCH3 is 1. The molecule has 0 fully saturated rings. The van der Waals surface area contributed by atoms with Crippen molar-refractivity contribution in [3.05, 3.63) is 23.8 Å². The van der Waals surface area contributed by atoms with Crippen molar-refractivity contribution < 1.29 is 14.6 Å². The number of unbranched alkanes of at least 4 members (excludes halogenated alkanes) is 8. The molecule has 0 heterocycles. The van der Waals surface area contributed by atoms with Crippen LogP contribution in [0.2, 0.25) is 0 Å². The highest BCUT2D eigenvalue weighted by atomic mass is 16.5. The van der Waals surface area contributed by atoms with Gasteiger partial charge in [0, 0.05) is 12.0 Å². The summed E-state index contributed by atoms with van der Waals surface area (Å²) >= 11 is 0. The van der Waals surface area contributed by atoms with Gasteiger partial charge in [-0.2, -0.15) is 5.10 Å². The second-order valence-electron chi connectivity index (χ2n) is 6.27. The van der Waals surface area contributed by atoms with Gasteiger partial charge in [0.1, 0.15) is 0 Å². The van der Waals surface area contributed by atoms with Crippen LogP contribution in [0.25, 0.3) is 0 Å². The summed E-state index contributed by atoms with van der Waals surface area (Å²) in [5.41, 5.74) is 3.00. The number of ether oxygens (including phenoxy) is 1. The van der Waals surface area contributed by atoms with E-state index in [4.69, 9.17) is 4.74 Å². The molecule has 5 heteroatoms. The van der Waals surface area contributed by atoms with Gasteiger partial charge in [0.25, 0.3) is 0 Å². The number of nitrogens with zero attached hydrogens (tertiary/aromatic N) is 1. The zero-order valence-electron chi connectivity index (χ0n) is 15.6. The van der Waals surface area contributed by atoms with Crippen molar-refractivity contribution >= 4 is 12.1 Å². The van der Waals surface area contributed by atoms with Crippen molar-refractivity contribution in [2.75, 3.05) is 7.11 Å². The second-order valence-corrected chi connectivity index (χ2v) is 6.27. The number of phenols is 1. The molecule has 0 unspecified atom stereocenters. The average molecular weight is 348 g/mol. The molecule has 1 aromatic carbocycles. The molecule has 0 radical (unpaired) electrons. The number of carbonyl (C=O) groups is 1. The summed E-state index contributed by atoms with van der Waals surface area (Å²) in [5, 5.41) is 13.8. The Balaban J connectivity index is 2.13. The van der Waals surface area contributed by atoms with E-state index in [1.807, 2.05) is 0 Å². The minimum atomic E-state index is -0.0958. The summed E-state index contributed by atoms with van der Waals surface area (Å²) in [6.45, 7) is 2.23. The van der Waals surface area contributed by atoms with Gasteiger partial charge >= 0.3 is 0 Å². The first-order valence-electron chi connectivity index (χ1n) is 9.37. The van der Waals surface area contributed by atoms with Crippen LogP contribution in [0.4, 0.5) is 0 Å². The molecule has 0 saturated heterocycles. The van der Waals surface area contributed by atoms with Gasteiger partial charge in [-0.05, 0) is 18.6 Å². The van der Waals surface area contributed by atoms with Gasteiger partial charge in [-0.25, -0.2) is 5.43 Å². The van der Waals surface area contributed by atoms with Gasteiger partial charge in [-0.3, -0.25) is 4.79 Å². The Bertz CT molecular complexity index is 530. The van der Waals surface area contributed by atoms with Crippen LogP contribution in [-0.4, -0.2) is 24.3 Å². The molecule has 1 rings (SSSR count). The van der Waals surface area contributed by atoms with Crippen LogP contribution in [-0.2, 0) is 4.79 Å². The number of nitrogens with one attached hydrogen (secondary N) is 1. The van der Waals surface area contributed by atoms with E-state index >= 15 is 0 Å². The quantitative estimate of drug-likeness (QED) is 0.306. The maximum atomic E-state index is 11.7. The topological polar surface area (TPSA) is 70.9 Å². The lowest BCUT2D eigenvalue weighted by Gasteiger charge is -2.05. The molecule has 25 heavy (non-hydrogen) atoms. The van der Waals surface area contributed by atoms with E-state index in [0.717, 1.165) is 12.8 Å². The highest BCUT2D eigenvalue weighted by molar-refractivity contribution is 5.86. The largest absolute Gasteiger partial charge is 0.504 e. The molecule has 0 spiro atoms. The van der Waals surface area contributed by atoms with E-state index in [0.29, 0.717) is 17.7 Å². The Morgan fingerprint density at radius 3 is 2.40 bits per heavy atom. The third-order valence-electron chi connectivity index (χ3n) is 4.15. The predicted molar refractivity (Wildman–Crippen MR) is 102 cm³/mol. The normalized spacial score (nSPS) is 11.0. The molecule has 2 N–H and O–H groups in total. The Morgan fingerprint density at radius 2 is 1.76 bits per heavy atom. The second kappa shape index (κ2) is 13.3. The van der Waals surface area contributed by atoms with Crippen LogP contribution in [0.3, 0.4) is 0 Å². The van der Waals surface area contributed by atoms with Gasteiger partial charge in [0.05, 0.1) is 13.3 Å². The van der Waals surface area contributed by atoms with Crippen molar-refractivity contribution in [3.63, 3.8) is 0 Å². The number of para-hydroxylation sites is 1. The summed E-state index contributed by atoms with van der Waals surface area (Å²) < 4.78 is 5.03. The van der Waals surface area contributed by atoms with E-state index < -0.39 is 0 Å². The maximum absolute atomic E-state index is 11.7. The van der Waals surface area contributed by atoms with E-state index in [2.05, 4.69) is 17.5 Å². The third-order valence-corrected chi connectivity index (χ3v) is 4.15. The predicted octanol–water partition coefficient (Wildman–Crippen LogP) is 4.77. The lowest BCUT2D eigenvalue weighted by molar-refractivity contribution is -0.121. The standard InChI is InChI=1S/C20H32N2O3/c1-3-4-5-6-7-8-9-10-11-15-19(23)22-21-16-17-13-12-14-18(25-2)20(17)24/h12-14,16,24H,3-11,15H2,1-2H3,(H,22,23)/b21-16-. The molecular formula is C20H32N2O3. The first kappa shape index (κ1) is 21.0. The Hall–Kier alpha value is -2.04. The van der Waals surface area contributed by atoms with Crippen LogP contribution < -0.4 is 10.2 Å². The number of hydrogen-bond acceptors (Lipinski definition) is 4. The molecule has 0 aliphatic rings. The Kier molecular flexibility index (Phi) is 11.2. The van der Waals surface area contributed by atoms with Gasteiger partial charge in [-0.15, -0.1) is 0 Å². The molecule has 0 saturated carbocycles. The molecule has 0 aliphatic carbocycles. The zero-order valence-corrected chi connectivity index (χ0v) is 15.6. The molecule has 5 nitrogen and oxygen atoms in total. The minimum Gasteiger partial charge on any atom is -0.504 e. The number of benzene rings is 1. The molecule has 1 amide bonds. The molecule has 0 atom stereocenters. The smallest absolute Gasteiger partial charge is 0.240 e. The number of rotatable bonds is 13. The fraction of sp³-hybridized carbons (Fsp3) is 0.600. The molecule has 140 valence electrons. The number of carbonyl (C=O) groups excluding carboxylic acids is 1. The van der Waals surface area contributed by atoms with Gasteiger partial charge in [0.15, 0.2) is 11.5 Å². The number of phenolic OH excluding ortho intramolecular Hbond substituents is 1. The van der Waals surface area contributed by atoms with Crippen LogP contribution in [0.1, 0.15) is 76.7 Å².